The van der Waals surface area contributed by atoms with Gasteiger partial charge in [-0.1, -0.05) is 23.8 Å². The van der Waals surface area contributed by atoms with Crippen LogP contribution in [0.1, 0.15) is 11.1 Å². The van der Waals surface area contributed by atoms with Gasteiger partial charge >= 0.3 is 0 Å². The Morgan fingerprint density at radius 3 is 2.42 bits per heavy atom. The molecule has 0 aromatic heterocycles. The van der Waals surface area contributed by atoms with E-state index in [1.54, 1.807) is 43.3 Å². The summed E-state index contributed by atoms with van der Waals surface area (Å²) < 4.78 is 0. The Bertz CT molecular complexity index is 909. The lowest BCUT2D eigenvalue weighted by Crippen LogP contribution is -2.13. The number of carbonyl (C=O) groups is 1. The summed E-state index contributed by atoms with van der Waals surface area (Å²) in [7, 11) is 3.40. The van der Waals surface area contributed by atoms with Crippen LogP contribution in [0.2, 0.25) is 0 Å². The van der Waals surface area contributed by atoms with E-state index in [4.69, 9.17) is 0 Å². The van der Waals surface area contributed by atoms with E-state index in [1.165, 1.54) is 12.1 Å². The van der Waals surface area contributed by atoms with Crippen LogP contribution in [0, 0.1) is 28.4 Å². The quantitative estimate of drug-likeness (QED) is 0.385. The summed E-state index contributed by atoms with van der Waals surface area (Å²) in [6.07, 6.45) is 1.33. The third kappa shape index (κ3) is 4.45. The first-order valence-corrected chi connectivity index (χ1v) is 7.77. The third-order valence-electron chi connectivity index (χ3n) is 3.66. The molecule has 132 valence electrons. The summed E-state index contributed by atoms with van der Waals surface area (Å²) in [5.41, 5.74) is 2.22. The number of anilines is 2. The van der Waals surface area contributed by atoms with Gasteiger partial charge in [0.25, 0.3) is 11.6 Å². The van der Waals surface area contributed by atoms with Crippen molar-refractivity contribution in [2.24, 2.45) is 0 Å². The molecule has 0 aliphatic heterocycles. The highest BCUT2D eigenvalue weighted by molar-refractivity contribution is 6.09. The number of amides is 1. The summed E-state index contributed by atoms with van der Waals surface area (Å²) in [5.74, 6) is -0.573. The van der Waals surface area contributed by atoms with Gasteiger partial charge in [-0.05, 0) is 36.8 Å². The van der Waals surface area contributed by atoms with Crippen LogP contribution in [-0.2, 0) is 4.79 Å². The van der Waals surface area contributed by atoms with Gasteiger partial charge in [0.2, 0.25) is 0 Å². The van der Waals surface area contributed by atoms with Crippen LogP contribution >= 0.6 is 0 Å². The molecule has 7 heteroatoms. The molecule has 2 aromatic rings. The molecular weight excluding hydrogens is 332 g/mol. The summed E-state index contributed by atoms with van der Waals surface area (Å²) in [6.45, 7) is 1.93. The maximum absolute atomic E-state index is 12.3. The van der Waals surface area contributed by atoms with Gasteiger partial charge in [0.05, 0.1) is 4.92 Å². The third-order valence-corrected chi connectivity index (χ3v) is 3.66. The fourth-order valence-corrected chi connectivity index (χ4v) is 2.31. The van der Waals surface area contributed by atoms with Crippen molar-refractivity contribution in [1.82, 2.24) is 0 Å². The molecule has 0 bridgehead atoms. The van der Waals surface area contributed by atoms with E-state index < -0.39 is 10.8 Å². The molecule has 0 saturated carbocycles. The number of aryl methyl sites for hydroxylation is 1. The molecular formula is C19H18N4O3. The van der Waals surface area contributed by atoms with Crippen molar-refractivity contribution in [2.75, 3.05) is 24.3 Å². The van der Waals surface area contributed by atoms with Crippen LogP contribution in [0.3, 0.4) is 0 Å². The van der Waals surface area contributed by atoms with Crippen molar-refractivity contribution >= 4 is 29.0 Å². The Morgan fingerprint density at radius 1 is 1.23 bits per heavy atom. The maximum atomic E-state index is 12.3. The molecule has 2 rings (SSSR count). The predicted molar refractivity (Wildman–Crippen MR) is 101 cm³/mol. The fourth-order valence-electron chi connectivity index (χ4n) is 2.31. The van der Waals surface area contributed by atoms with Crippen molar-refractivity contribution in [3.63, 3.8) is 0 Å². The molecule has 0 radical (unpaired) electrons. The minimum atomic E-state index is -0.573. The van der Waals surface area contributed by atoms with Crippen LogP contribution in [0.25, 0.3) is 6.08 Å². The molecule has 1 N–H and O–H groups in total. The number of hydrogen-bond acceptors (Lipinski definition) is 5. The summed E-state index contributed by atoms with van der Waals surface area (Å²) in [4.78, 5) is 24.7. The van der Waals surface area contributed by atoms with Gasteiger partial charge in [0, 0.05) is 25.8 Å². The van der Waals surface area contributed by atoms with Crippen LogP contribution in [-0.4, -0.2) is 24.9 Å². The SMILES string of the molecule is Cc1ccc(NC(=O)/C(C#N)=C/c2ccc(N(C)C)c([N+](=O)[O-])c2)cc1. The van der Waals surface area contributed by atoms with Crippen LogP contribution in [0.15, 0.2) is 48.0 Å². The first-order valence-electron chi connectivity index (χ1n) is 7.77. The zero-order valence-corrected chi connectivity index (χ0v) is 14.7. The van der Waals surface area contributed by atoms with E-state index in [-0.39, 0.29) is 11.3 Å². The largest absolute Gasteiger partial charge is 0.372 e. The number of nitrogens with one attached hydrogen (secondary N) is 1. The minimum Gasteiger partial charge on any atom is -0.372 e. The topological polar surface area (TPSA) is 99.3 Å². The first kappa shape index (κ1) is 18.7. The molecule has 2 aromatic carbocycles. The number of carbonyl (C=O) groups excluding carboxylic acids is 1. The highest BCUT2D eigenvalue weighted by Crippen LogP contribution is 2.28. The number of nitro groups is 1. The van der Waals surface area contributed by atoms with Crippen LogP contribution < -0.4 is 10.2 Å². The first-order chi connectivity index (χ1) is 12.3. The lowest BCUT2D eigenvalue weighted by molar-refractivity contribution is -0.384. The minimum absolute atomic E-state index is 0.0972. The van der Waals surface area contributed by atoms with Crippen molar-refractivity contribution in [2.45, 2.75) is 6.92 Å². The maximum Gasteiger partial charge on any atom is 0.293 e. The highest BCUT2D eigenvalue weighted by Gasteiger charge is 2.17. The van der Waals surface area contributed by atoms with Crippen molar-refractivity contribution in [3.05, 3.63) is 69.3 Å². The second-order valence-corrected chi connectivity index (χ2v) is 5.89. The Kier molecular flexibility index (Phi) is 5.71. The highest BCUT2D eigenvalue weighted by atomic mass is 16.6. The molecule has 0 spiro atoms. The molecule has 0 atom stereocenters. The second kappa shape index (κ2) is 7.94. The number of nitro benzene ring substituents is 1. The monoisotopic (exact) mass is 350 g/mol. The molecule has 0 aliphatic carbocycles. The Balaban J connectivity index is 2.31. The summed E-state index contributed by atoms with van der Waals surface area (Å²) in [6, 6.07) is 13.5. The van der Waals surface area contributed by atoms with E-state index >= 15 is 0 Å². The van der Waals surface area contributed by atoms with Crippen molar-refractivity contribution < 1.29 is 9.72 Å². The standard InChI is InChI=1S/C19H18N4O3/c1-13-4-7-16(8-5-13)21-19(24)15(12-20)10-14-6-9-17(22(2)3)18(11-14)23(25)26/h4-11H,1-3H3,(H,21,24)/b15-10+. The average molecular weight is 350 g/mol. The number of nitriles is 1. The van der Waals surface area contributed by atoms with Gasteiger partial charge < -0.3 is 10.2 Å². The lowest BCUT2D eigenvalue weighted by atomic mass is 10.1. The van der Waals surface area contributed by atoms with E-state index in [9.17, 15) is 20.2 Å². The average Bonchev–Trinajstić information content (AvgIpc) is 2.61. The number of nitrogens with zero attached hydrogens (tertiary/aromatic N) is 3. The lowest BCUT2D eigenvalue weighted by Gasteiger charge is -2.12. The van der Waals surface area contributed by atoms with E-state index in [1.807, 2.05) is 25.1 Å². The van der Waals surface area contributed by atoms with Gasteiger partial charge in [-0.3, -0.25) is 14.9 Å². The smallest absolute Gasteiger partial charge is 0.293 e. The van der Waals surface area contributed by atoms with Crippen molar-refractivity contribution in [3.8, 4) is 6.07 Å². The zero-order chi connectivity index (χ0) is 19.3. The number of benzene rings is 2. The molecule has 26 heavy (non-hydrogen) atoms. The van der Waals surface area contributed by atoms with E-state index in [0.29, 0.717) is 16.9 Å². The van der Waals surface area contributed by atoms with Crippen LogP contribution in [0.4, 0.5) is 17.1 Å². The van der Waals surface area contributed by atoms with Crippen LogP contribution in [0.5, 0.6) is 0 Å². The molecule has 0 heterocycles. The second-order valence-electron chi connectivity index (χ2n) is 5.89. The van der Waals surface area contributed by atoms with Gasteiger partial charge in [-0.25, -0.2) is 0 Å². The van der Waals surface area contributed by atoms with Gasteiger partial charge in [-0.2, -0.15) is 5.26 Å². The molecule has 0 fully saturated rings. The van der Waals surface area contributed by atoms with Crippen molar-refractivity contribution in [1.29, 1.82) is 5.26 Å². The Hall–Kier alpha value is -3.66. The molecule has 7 nitrogen and oxygen atoms in total. The number of hydrogen-bond donors (Lipinski definition) is 1. The normalized spacial score (nSPS) is 10.8. The van der Waals surface area contributed by atoms with Gasteiger partial charge in [0.15, 0.2) is 0 Å². The number of rotatable bonds is 5. The zero-order valence-electron chi connectivity index (χ0n) is 14.7. The summed E-state index contributed by atoms with van der Waals surface area (Å²) >= 11 is 0. The molecule has 0 aliphatic rings. The molecule has 0 unspecified atom stereocenters. The molecule has 1 amide bonds. The fraction of sp³-hybridized carbons (Fsp3) is 0.158. The molecule has 0 saturated heterocycles. The van der Waals surface area contributed by atoms with E-state index in [0.717, 1.165) is 5.56 Å². The van der Waals surface area contributed by atoms with E-state index in [2.05, 4.69) is 5.32 Å². The van der Waals surface area contributed by atoms with Gasteiger partial charge in [0.1, 0.15) is 17.3 Å². The summed E-state index contributed by atoms with van der Waals surface area (Å²) in [5, 5.41) is 23.2. The predicted octanol–water partition coefficient (Wildman–Crippen LogP) is 3.51. The Labute approximate surface area is 151 Å². The Morgan fingerprint density at radius 2 is 1.88 bits per heavy atom. The van der Waals surface area contributed by atoms with Gasteiger partial charge in [-0.15, -0.1) is 0 Å².